The van der Waals surface area contributed by atoms with Gasteiger partial charge in [0.2, 0.25) is 17.7 Å². The first-order valence-corrected chi connectivity index (χ1v) is 5.84. The predicted molar refractivity (Wildman–Crippen MR) is 69.8 cm³/mol. The van der Waals surface area contributed by atoms with Gasteiger partial charge in [0.25, 0.3) is 0 Å². The maximum atomic E-state index is 11.7. The summed E-state index contributed by atoms with van der Waals surface area (Å²) < 4.78 is 0. The van der Waals surface area contributed by atoms with Gasteiger partial charge >= 0.3 is 0 Å². The Morgan fingerprint density at radius 3 is 2.11 bits per heavy atom. The van der Waals surface area contributed by atoms with Gasteiger partial charge in [-0.1, -0.05) is 37.3 Å². The molecule has 1 atom stereocenters. The fourth-order valence-corrected chi connectivity index (χ4v) is 1.68. The number of benzene rings is 1. The molecule has 6 nitrogen and oxygen atoms in total. The van der Waals surface area contributed by atoms with Crippen molar-refractivity contribution in [2.45, 2.75) is 25.3 Å². The molecule has 19 heavy (non-hydrogen) atoms. The van der Waals surface area contributed by atoms with Gasteiger partial charge in [0, 0.05) is 6.42 Å². The Hall–Kier alpha value is -2.37. The zero-order valence-electron chi connectivity index (χ0n) is 10.6. The molecule has 3 amide bonds. The second-order valence-electron chi connectivity index (χ2n) is 4.32. The van der Waals surface area contributed by atoms with E-state index in [9.17, 15) is 14.4 Å². The minimum absolute atomic E-state index is 0.0393. The number of amides is 3. The van der Waals surface area contributed by atoms with Gasteiger partial charge in [-0.25, -0.2) is 0 Å². The largest absolute Gasteiger partial charge is 0.367 e. The molecular formula is C13H17N3O3. The first-order chi connectivity index (χ1) is 8.91. The lowest BCUT2D eigenvalue weighted by Gasteiger charge is -2.15. The first kappa shape index (κ1) is 14.7. The molecule has 0 aromatic heterocycles. The van der Waals surface area contributed by atoms with Crippen LogP contribution in [0.2, 0.25) is 0 Å². The Morgan fingerprint density at radius 1 is 1.11 bits per heavy atom. The molecule has 1 aromatic carbocycles. The van der Waals surface area contributed by atoms with E-state index in [4.69, 9.17) is 11.5 Å². The zero-order valence-corrected chi connectivity index (χ0v) is 10.6. The van der Waals surface area contributed by atoms with Gasteiger partial charge in [-0.2, -0.15) is 0 Å². The van der Waals surface area contributed by atoms with Gasteiger partial charge in [0.05, 0.1) is 0 Å². The van der Waals surface area contributed by atoms with E-state index < -0.39 is 23.8 Å². The van der Waals surface area contributed by atoms with Crippen molar-refractivity contribution < 1.29 is 14.4 Å². The molecule has 102 valence electrons. The Labute approximate surface area is 111 Å². The highest BCUT2D eigenvalue weighted by Crippen LogP contribution is 2.18. The summed E-state index contributed by atoms with van der Waals surface area (Å²) in [6.45, 7) is 1.87. The molecule has 0 heterocycles. The minimum Gasteiger partial charge on any atom is -0.367 e. The molecule has 0 aliphatic carbocycles. The highest BCUT2D eigenvalue weighted by Gasteiger charge is 2.24. The van der Waals surface area contributed by atoms with Crippen LogP contribution in [-0.4, -0.2) is 23.8 Å². The molecule has 0 spiro atoms. The molecule has 0 aliphatic rings. The average molecular weight is 263 g/mol. The monoisotopic (exact) mass is 263 g/mol. The maximum absolute atomic E-state index is 11.7. The van der Waals surface area contributed by atoms with E-state index in [1.54, 1.807) is 0 Å². The number of hydrogen-bond donors (Lipinski definition) is 3. The second kappa shape index (κ2) is 6.53. The van der Waals surface area contributed by atoms with Crippen molar-refractivity contribution in [3.05, 3.63) is 35.9 Å². The van der Waals surface area contributed by atoms with Gasteiger partial charge in [0.15, 0.2) is 6.04 Å². The Kier molecular flexibility index (Phi) is 5.05. The van der Waals surface area contributed by atoms with Gasteiger partial charge in [0.1, 0.15) is 0 Å². The average Bonchev–Trinajstić information content (AvgIpc) is 2.36. The molecule has 0 fully saturated rings. The topological polar surface area (TPSA) is 115 Å². The summed E-state index contributed by atoms with van der Waals surface area (Å²) in [7, 11) is 0. The summed E-state index contributed by atoms with van der Waals surface area (Å²) in [5.41, 5.74) is 10.9. The number of nitrogens with one attached hydrogen (secondary N) is 1. The van der Waals surface area contributed by atoms with Crippen LogP contribution < -0.4 is 16.8 Å². The van der Waals surface area contributed by atoms with Crippen molar-refractivity contribution in [2.75, 3.05) is 0 Å². The summed E-state index contributed by atoms with van der Waals surface area (Å²) >= 11 is 0. The lowest BCUT2D eigenvalue weighted by molar-refractivity contribution is -0.134. The van der Waals surface area contributed by atoms with E-state index in [1.165, 1.54) is 0 Å². The van der Waals surface area contributed by atoms with Crippen molar-refractivity contribution >= 4 is 17.7 Å². The van der Waals surface area contributed by atoms with E-state index in [0.29, 0.717) is 0 Å². The van der Waals surface area contributed by atoms with E-state index in [-0.39, 0.29) is 12.3 Å². The Balaban J connectivity index is 2.60. The van der Waals surface area contributed by atoms with Crippen LogP contribution in [-0.2, 0) is 14.4 Å². The molecule has 0 saturated carbocycles. The van der Waals surface area contributed by atoms with Crippen molar-refractivity contribution in [3.8, 4) is 0 Å². The van der Waals surface area contributed by atoms with E-state index in [2.05, 4.69) is 5.32 Å². The molecule has 0 bridgehead atoms. The highest BCUT2D eigenvalue weighted by molar-refractivity contribution is 6.05. The third kappa shape index (κ3) is 4.42. The van der Waals surface area contributed by atoms with Gasteiger partial charge in [-0.3, -0.25) is 14.4 Å². The number of carbonyl (C=O) groups is 3. The fourth-order valence-electron chi connectivity index (χ4n) is 1.68. The van der Waals surface area contributed by atoms with Crippen LogP contribution in [0, 0.1) is 0 Å². The minimum atomic E-state index is -1.46. The van der Waals surface area contributed by atoms with Crippen LogP contribution in [0.3, 0.4) is 0 Å². The standard InChI is InChI=1S/C13H17N3O3/c1-8(9-5-3-2-4-6-9)7-10(17)16-11(12(14)18)13(15)19/h2-6,8,11H,7H2,1H3,(H2,14,18)(H2,15,19)(H,16,17). The van der Waals surface area contributed by atoms with Crippen molar-refractivity contribution in [3.63, 3.8) is 0 Å². The quantitative estimate of drug-likeness (QED) is 0.608. The van der Waals surface area contributed by atoms with Gasteiger partial charge in [-0.05, 0) is 11.5 Å². The molecule has 0 saturated heterocycles. The molecule has 0 radical (unpaired) electrons. The van der Waals surface area contributed by atoms with Gasteiger partial charge < -0.3 is 16.8 Å². The van der Waals surface area contributed by atoms with Crippen LogP contribution in [0.25, 0.3) is 0 Å². The SMILES string of the molecule is CC(CC(=O)NC(C(N)=O)C(N)=O)c1ccccc1. The summed E-state index contributed by atoms with van der Waals surface area (Å²) in [5, 5.41) is 2.23. The van der Waals surface area contributed by atoms with Crippen LogP contribution >= 0.6 is 0 Å². The van der Waals surface area contributed by atoms with E-state index in [1.807, 2.05) is 37.3 Å². The summed E-state index contributed by atoms with van der Waals surface area (Å²) in [6.07, 6.45) is 0.140. The molecule has 5 N–H and O–H groups in total. The summed E-state index contributed by atoms with van der Waals surface area (Å²) in [5.74, 6) is -2.41. The van der Waals surface area contributed by atoms with Crippen LogP contribution in [0.5, 0.6) is 0 Å². The fraction of sp³-hybridized carbons (Fsp3) is 0.308. The number of primary amides is 2. The second-order valence-corrected chi connectivity index (χ2v) is 4.32. The van der Waals surface area contributed by atoms with Crippen molar-refractivity contribution in [1.82, 2.24) is 5.32 Å². The predicted octanol–water partition coefficient (Wildman–Crippen LogP) is -0.364. The molecule has 6 heteroatoms. The number of carbonyl (C=O) groups excluding carboxylic acids is 3. The van der Waals surface area contributed by atoms with Crippen molar-refractivity contribution in [1.29, 1.82) is 0 Å². The lowest BCUT2D eigenvalue weighted by Crippen LogP contribution is -2.52. The highest BCUT2D eigenvalue weighted by atomic mass is 16.2. The Bertz CT molecular complexity index is 459. The van der Waals surface area contributed by atoms with E-state index >= 15 is 0 Å². The Morgan fingerprint density at radius 2 is 1.63 bits per heavy atom. The smallest absolute Gasteiger partial charge is 0.249 e. The van der Waals surface area contributed by atoms with Crippen LogP contribution in [0.15, 0.2) is 30.3 Å². The van der Waals surface area contributed by atoms with Crippen LogP contribution in [0.4, 0.5) is 0 Å². The molecule has 0 aliphatic heterocycles. The molecular weight excluding hydrogens is 246 g/mol. The number of hydrogen-bond acceptors (Lipinski definition) is 3. The summed E-state index contributed by atoms with van der Waals surface area (Å²) in [6, 6.07) is 7.97. The van der Waals surface area contributed by atoms with Crippen LogP contribution in [0.1, 0.15) is 24.8 Å². The first-order valence-electron chi connectivity index (χ1n) is 5.84. The van der Waals surface area contributed by atoms with Gasteiger partial charge in [-0.15, -0.1) is 0 Å². The zero-order chi connectivity index (χ0) is 14.4. The normalized spacial score (nSPS) is 11.9. The molecule has 1 rings (SSSR count). The van der Waals surface area contributed by atoms with E-state index in [0.717, 1.165) is 5.56 Å². The molecule has 1 aromatic rings. The summed E-state index contributed by atoms with van der Waals surface area (Å²) in [4.78, 5) is 33.6. The number of nitrogens with two attached hydrogens (primary N) is 2. The maximum Gasteiger partial charge on any atom is 0.249 e. The van der Waals surface area contributed by atoms with Crippen molar-refractivity contribution in [2.24, 2.45) is 11.5 Å². The third-order valence-electron chi connectivity index (χ3n) is 2.73. The number of rotatable bonds is 6. The third-order valence-corrected chi connectivity index (χ3v) is 2.73. The lowest BCUT2D eigenvalue weighted by atomic mass is 9.97. The molecule has 1 unspecified atom stereocenters.